The summed E-state index contributed by atoms with van der Waals surface area (Å²) >= 11 is 0. The molecule has 6 nitrogen and oxygen atoms in total. The molecule has 18 heavy (non-hydrogen) atoms. The van der Waals surface area contributed by atoms with Crippen molar-refractivity contribution in [3.8, 4) is 0 Å². The van der Waals surface area contributed by atoms with Crippen molar-refractivity contribution in [3.05, 3.63) is 0 Å². The van der Waals surface area contributed by atoms with Gasteiger partial charge in [-0.3, -0.25) is 14.4 Å². The van der Waals surface area contributed by atoms with Gasteiger partial charge in [0.2, 0.25) is 11.8 Å². The minimum absolute atomic E-state index is 0.00447. The topological polar surface area (TPSA) is 87.3 Å². The fourth-order valence-corrected chi connectivity index (χ4v) is 1.13. The molecule has 6 heteroatoms. The summed E-state index contributed by atoms with van der Waals surface area (Å²) < 4.78 is 0. The second kappa shape index (κ2) is 9.58. The number of likely N-dealkylation sites (N-methyl/N-ethyl adjacent to an activating group) is 1. The average molecular weight is 257 g/mol. The highest BCUT2D eigenvalue weighted by Gasteiger charge is 2.12. The van der Waals surface area contributed by atoms with Gasteiger partial charge in [-0.2, -0.15) is 0 Å². The third-order valence-electron chi connectivity index (χ3n) is 2.60. The molecule has 0 aliphatic rings. The standard InChI is InChI=1S/C12H23N3O3/c1-4-9(3)10(16)6-14-12(18)8-15-11(17)7-13-5-2/h9,13H,4-8H2,1-3H3,(H,14,18)(H,15,17). The minimum Gasteiger partial charge on any atom is -0.347 e. The summed E-state index contributed by atoms with van der Waals surface area (Å²) in [4.78, 5) is 34.0. The van der Waals surface area contributed by atoms with E-state index in [1.54, 1.807) is 0 Å². The van der Waals surface area contributed by atoms with E-state index in [0.717, 1.165) is 6.42 Å². The van der Waals surface area contributed by atoms with Crippen LogP contribution in [0.25, 0.3) is 0 Å². The van der Waals surface area contributed by atoms with E-state index in [1.807, 2.05) is 20.8 Å². The molecule has 1 atom stereocenters. The summed E-state index contributed by atoms with van der Waals surface area (Å²) in [7, 11) is 0. The predicted molar refractivity (Wildman–Crippen MR) is 69.0 cm³/mol. The van der Waals surface area contributed by atoms with Crippen LogP contribution in [0.4, 0.5) is 0 Å². The number of hydrogen-bond donors (Lipinski definition) is 3. The number of ketones is 1. The maximum absolute atomic E-state index is 11.4. The molecule has 0 aromatic heterocycles. The molecular formula is C12H23N3O3. The average Bonchev–Trinajstić information content (AvgIpc) is 2.38. The van der Waals surface area contributed by atoms with Crippen molar-refractivity contribution in [2.24, 2.45) is 5.92 Å². The number of hydrogen-bond acceptors (Lipinski definition) is 4. The molecule has 2 amide bonds. The molecular weight excluding hydrogens is 234 g/mol. The molecule has 0 aromatic rings. The van der Waals surface area contributed by atoms with Gasteiger partial charge in [-0.15, -0.1) is 0 Å². The second-order valence-corrected chi connectivity index (χ2v) is 4.11. The van der Waals surface area contributed by atoms with Gasteiger partial charge < -0.3 is 16.0 Å². The van der Waals surface area contributed by atoms with Crippen LogP contribution in [0.5, 0.6) is 0 Å². The summed E-state index contributed by atoms with van der Waals surface area (Å²) in [6.45, 7) is 6.45. The highest BCUT2D eigenvalue weighted by atomic mass is 16.2. The zero-order chi connectivity index (χ0) is 14.0. The van der Waals surface area contributed by atoms with Crippen molar-refractivity contribution in [2.45, 2.75) is 27.2 Å². The van der Waals surface area contributed by atoms with Gasteiger partial charge in [-0.05, 0) is 13.0 Å². The van der Waals surface area contributed by atoms with Crippen LogP contribution >= 0.6 is 0 Å². The number of amides is 2. The minimum atomic E-state index is -0.350. The summed E-state index contributed by atoms with van der Waals surface area (Å²) in [5.74, 6) is -0.629. The zero-order valence-electron chi connectivity index (χ0n) is 11.3. The molecule has 0 saturated carbocycles. The quantitative estimate of drug-likeness (QED) is 0.517. The molecule has 0 fully saturated rings. The molecule has 0 radical (unpaired) electrons. The first-order valence-electron chi connectivity index (χ1n) is 6.28. The first kappa shape index (κ1) is 16.6. The number of Topliss-reactive ketones (excluding diaryl/α,β-unsaturated/α-hetero) is 1. The highest BCUT2D eigenvalue weighted by molar-refractivity contribution is 5.89. The monoisotopic (exact) mass is 257 g/mol. The first-order chi connectivity index (χ1) is 8.51. The van der Waals surface area contributed by atoms with E-state index in [1.165, 1.54) is 0 Å². The molecule has 104 valence electrons. The zero-order valence-corrected chi connectivity index (χ0v) is 11.3. The highest BCUT2D eigenvalue weighted by Crippen LogP contribution is 2.00. The van der Waals surface area contributed by atoms with Gasteiger partial charge in [-0.25, -0.2) is 0 Å². The Morgan fingerprint density at radius 1 is 0.944 bits per heavy atom. The van der Waals surface area contributed by atoms with Crippen LogP contribution in [0.3, 0.4) is 0 Å². The Morgan fingerprint density at radius 3 is 2.06 bits per heavy atom. The Morgan fingerprint density at radius 2 is 1.50 bits per heavy atom. The molecule has 0 aromatic carbocycles. The maximum Gasteiger partial charge on any atom is 0.239 e. The summed E-state index contributed by atoms with van der Waals surface area (Å²) in [6.07, 6.45) is 0.758. The lowest BCUT2D eigenvalue weighted by atomic mass is 10.0. The number of rotatable bonds is 9. The fourth-order valence-electron chi connectivity index (χ4n) is 1.13. The van der Waals surface area contributed by atoms with Crippen molar-refractivity contribution in [1.82, 2.24) is 16.0 Å². The van der Waals surface area contributed by atoms with Crippen molar-refractivity contribution >= 4 is 17.6 Å². The van der Waals surface area contributed by atoms with Crippen molar-refractivity contribution in [2.75, 3.05) is 26.2 Å². The first-order valence-corrected chi connectivity index (χ1v) is 6.28. The third kappa shape index (κ3) is 7.78. The Balaban J connectivity index is 3.72. The number of nitrogens with one attached hydrogen (secondary N) is 3. The fraction of sp³-hybridized carbons (Fsp3) is 0.750. The molecule has 0 rings (SSSR count). The van der Waals surface area contributed by atoms with E-state index in [4.69, 9.17) is 0 Å². The Hall–Kier alpha value is -1.43. The van der Waals surface area contributed by atoms with Crippen molar-refractivity contribution < 1.29 is 14.4 Å². The van der Waals surface area contributed by atoms with Crippen LogP contribution in [0.15, 0.2) is 0 Å². The maximum atomic E-state index is 11.4. The van der Waals surface area contributed by atoms with Crippen LogP contribution in [-0.4, -0.2) is 43.8 Å². The van der Waals surface area contributed by atoms with E-state index < -0.39 is 0 Å². The van der Waals surface area contributed by atoms with Crippen LogP contribution in [0.2, 0.25) is 0 Å². The van der Waals surface area contributed by atoms with Gasteiger partial charge in [0.05, 0.1) is 19.6 Å². The molecule has 1 unspecified atom stereocenters. The summed E-state index contributed by atoms with van der Waals surface area (Å²) in [5, 5.41) is 7.79. The third-order valence-corrected chi connectivity index (χ3v) is 2.60. The van der Waals surface area contributed by atoms with E-state index in [2.05, 4.69) is 16.0 Å². The van der Waals surface area contributed by atoms with Crippen LogP contribution in [-0.2, 0) is 14.4 Å². The summed E-state index contributed by atoms with van der Waals surface area (Å²) in [5.41, 5.74) is 0. The number of carbonyl (C=O) groups is 3. The summed E-state index contributed by atoms with van der Waals surface area (Å²) in [6, 6.07) is 0. The van der Waals surface area contributed by atoms with Gasteiger partial charge in [0, 0.05) is 5.92 Å². The molecule has 3 N–H and O–H groups in total. The smallest absolute Gasteiger partial charge is 0.239 e. The van der Waals surface area contributed by atoms with Gasteiger partial charge in [-0.1, -0.05) is 20.8 Å². The Bertz CT molecular complexity index is 292. The Kier molecular flexibility index (Phi) is 8.82. The second-order valence-electron chi connectivity index (χ2n) is 4.11. The SMILES string of the molecule is CCNCC(=O)NCC(=O)NCC(=O)C(C)CC. The van der Waals surface area contributed by atoms with Crippen LogP contribution in [0.1, 0.15) is 27.2 Å². The molecule has 0 heterocycles. The van der Waals surface area contributed by atoms with Gasteiger partial charge in [0.1, 0.15) is 0 Å². The van der Waals surface area contributed by atoms with Crippen LogP contribution < -0.4 is 16.0 Å². The molecule has 0 aliphatic carbocycles. The molecule has 0 saturated heterocycles. The Labute approximate surface area is 108 Å². The molecule has 0 aliphatic heterocycles. The largest absolute Gasteiger partial charge is 0.347 e. The van der Waals surface area contributed by atoms with Crippen molar-refractivity contribution in [3.63, 3.8) is 0 Å². The van der Waals surface area contributed by atoms with E-state index in [9.17, 15) is 14.4 Å². The number of carbonyl (C=O) groups excluding carboxylic acids is 3. The predicted octanol–water partition coefficient (Wildman–Crippen LogP) is -0.556. The molecule has 0 spiro atoms. The van der Waals surface area contributed by atoms with E-state index in [0.29, 0.717) is 6.54 Å². The molecule has 0 bridgehead atoms. The lowest BCUT2D eigenvalue weighted by molar-refractivity contribution is -0.127. The van der Waals surface area contributed by atoms with Crippen LogP contribution in [0, 0.1) is 5.92 Å². The van der Waals surface area contributed by atoms with Crippen molar-refractivity contribution in [1.29, 1.82) is 0 Å². The van der Waals surface area contributed by atoms with Gasteiger partial charge >= 0.3 is 0 Å². The van der Waals surface area contributed by atoms with E-state index in [-0.39, 0.29) is 43.1 Å². The lowest BCUT2D eigenvalue weighted by Gasteiger charge is -2.09. The lowest BCUT2D eigenvalue weighted by Crippen LogP contribution is -2.42. The normalized spacial score (nSPS) is 11.7. The van der Waals surface area contributed by atoms with Gasteiger partial charge in [0.25, 0.3) is 0 Å². The van der Waals surface area contributed by atoms with Gasteiger partial charge in [0.15, 0.2) is 5.78 Å². The van der Waals surface area contributed by atoms with E-state index >= 15 is 0 Å².